The van der Waals surface area contributed by atoms with Crippen LogP contribution in [-0.2, 0) is 9.59 Å². The first-order valence-electron chi connectivity index (χ1n) is 9.58. The number of hydrogen-bond donors (Lipinski definition) is 2. The number of likely N-dealkylation sites (tertiary alicyclic amines) is 1. The number of nitrogens with one attached hydrogen (secondary N) is 2. The molecule has 0 unspecified atom stereocenters. The minimum absolute atomic E-state index is 0.00656. The predicted octanol–water partition coefficient (Wildman–Crippen LogP) is 3.14. The van der Waals surface area contributed by atoms with Crippen molar-refractivity contribution >= 4 is 29.1 Å². The zero-order chi connectivity index (χ0) is 20.8. The van der Waals surface area contributed by atoms with Crippen molar-refractivity contribution in [2.45, 2.75) is 19.8 Å². The van der Waals surface area contributed by atoms with Crippen LogP contribution in [-0.4, -0.2) is 42.8 Å². The van der Waals surface area contributed by atoms with E-state index in [0.717, 1.165) is 12.8 Å². The van der Waals surface area contributed by atoms with Gasteiger partial charge < -0.3 is 20.3 Å². The van der Waals surface area contributed by atoms with E-state index < -0.39 is 0 Å². The maximum Gasteiger partial charge on any atom is 0.255 e. The van der Waals surface area contributed by atoms with E-state index in [1.54, 1.807) is 48.4 Å². The molecule has 3 amide bonds. The van der Waals surface area contributed by atoms with Gasteiger partial charge in [-0.1, -0.05) is 12.1 Å². The summed E-state index contributed by atoms with van der Waals surface area (Å²) < 4.78 is 5.24. The molecule has 1 fully saturated rings. The van der Waals surface area contributed by atoms with Gasteiger partial charge in [0.1, 0.15) is 5.75 Å². The molecule has 0 bridgehead atoms. The van der Waals surface area contributed by atoms with Crippen LogP contribution in [0.25, 0.3) is 0 Å². The second-order valence-electron chi connectivity index (χ2n) is 7.03. The fourth-order valence-electron chi connectivity index (χ4n) is 3.37. The Morgan fingerprint density at radius 3 is 2.45 bits per heavy atom. The molecule has 1 aliphatic heterocycles. The Bertz CT molecular complexity index is 895. The van der Waals surface area contributed by atoms with Gasteiger partial charge >= 0.3 is 0 Å². The van der Waals surface area contributed by atoms with Crippen LogP contribution in [0.2, 0.25) is 0 Å². The summed E-state index contributed by atoms with van der Waals surface area (Å²) in [6, 6.07) is 13.9. The van der Waals surface area contributed by atoms with Gasteiger partial charge in [0.25, 0.3) is 5.91 Å². The Balaban J connectivity index is 1.60. The largest absolute Gasteiger partial charge is 0.495 e. The molecule has 29 heavy (non-hydrogen) atoms. The Hall–Kier alpha value is -3.35. The first-order chi connectivity index (χ1) is 14.0. The van der Waals surface area contributed by atoms with Gasteiger partial charge in [0.05, 0.1) is 18.7 Å². The Morgan fingerprint density at radius 1 is 1.03 bits per heavy atom. The normalized spacial score (nSPS) is 16.1. The van der Waals surface area contributed by atoms with E-state index in [2.05, 4.69) is 10.6 Å². The van der Waals surface area contributed by atoms with E-state index >= 15 is 0 Å². The third kappa shape index (κ3) is 5.13. The smallest absolute Gasteiger partial charge is 0.255 e. The van der Waals surface area contributed by atoms with Gasteiger partial charge in [-0.25, -0.2) is 0 Å². The maximum absolute atomic E-state index is 12.5. The van der Waals surface area contributed by atoms with Crippen molar-refractivity contribution in [1.82, 2.24) is 4.90 Å². The average Bonchev–Trinajstić information content (AvgIpc) is 2.74. The standard InChI is InChI=1S/C22H25N3O4/c1-15(26)25-13-5-6-17(14-25)22(28)23-18-11-9-16(10-12-18)21(27)24-19-7-3-4-8-20(19)29-2/h3-4,7-12,17H,5-6,13-14H2,1-2H3,(H,23,28)(H,24,27)/t17-/m1/s1. The molecule has 0 aliphatic carbocycles. The second kappa shape index (κ2) is 9.23. The highest BCUT2D eigenvalue weighted by Gasteiger charge is 2.27. The number of para-hydroxylation sites is 2. The minimum Gasteiger partial charge on any atom is -0.495 e. The number of nitrogens with zero attached hydrogens (tertiary/aromatic N) is 1. The van der Waals surface area contributed by atoms with Crippen molar-refractivity contribution in [1.29, 1.82) is 0 Å². The number of carbonyl (C=O) groups is 3. The number of amides is 3. The Kier molecular flexibility index (Phi) is 6.49. The number of rotatable bonds is 5. The molecule has 1 heterocycles. The van der Waals surface area contributed by atoms with E-state index in [0.29, 0.717) is 35.8 Å². The third-order valence-electron chi connectivity index (χ3n) is 5.01. The summed E-state index contributed by atoms with van der Waals surface area (Å²) in [5.41, 5.74) is 1.67. The van der Waals surface area contributed by atoms with Crippen molar-refractivity contribution in [2.75, 3.05) is 30.8 Å². The summed E-state index contributed by atoms with van der Waals surface area (Å²) >= 11 is 0. The van der Waals surface area contributed by atoms with E-state index in [1.165, 1.54) is 6.92 Å². The van der Waals surface area contributed by atoms with Crippen LogP contribution in [0.1, 0.15) is 30.1 Å². The molecule has 0 spiro atoms. The minimum atomic E-state index is -0.267. The number of benzene rings is 2. The lowest BCUT2D eigenvalue weighted by atomic mass is 9.97. The van der Waals surface area contributed by atoms with E-state index in [1.807, 2.05) is 12.1 Å². The SMILES string of the molecule is COc1ccccc1NC(=O)c1ccc(NC(=O)[C@@H]2CCCN(C(C)=O)C2)cc1. The highest BCUT2D eigenvalue weighted by atomic mass is 16.5. The molecule has 0 aromatic heterocycles. The third-order valence-corrected chi connectivity index (χ3v) is 5.01. The van der Waals surface area contributed by atoms with Crippen molar-refractivity contribution < 1.29 is 19.1 Å². The van der Waals surface area contributed by atoms with Gasteiger partial charge in [0.2, 0.25) is 11.8 Å². The molecule has 2 aromatic rings. The van der Waals surface area contributed by atoms with Gasteiger partial charge in [-0.3, -0.25) is 14.4 Å². The lowest BCUT2D eigenvalue weighted by Crippen LogP contribution is -2.42. The lowest BCUT2D eigenvalue weighted by molar-refractivity contribution is -0.132. The summed E-state index contributed by atoms with van der Waals surface area (Å²) in [7, 11) is 1.55. The number of piperidine rings is 1. The highest BCUT2D eigenvalue weighted by molar-refractivity contribution is 6.05. The molecule has 3 rings (SSSR count). The number of anilines is 2. The molecule has 7 nitrogen and oxygen atoms in total. The van der Waals surface area contributed by atoms with Crippen LogP contribution in [0.4, 0.5) is 11.4 Å². The van der Waals surface area contributed by atoms with E-state index in [-0.39, 0.29) is 23.6 Å². The first-order valence-corrected chi connectivity index (χ1v) is 9.58. The zero-order valence-corrected chi connectivity index (χ0v) is 16.6. The van der Waals surface area contributed by atoms with E-state index in [4.69, 9.17) is 4.74 Å². The van der Waals surface area contributed by atoms with Gasteiger partial charge in [0.15, 0.2) is 0 Å². The summed E-state index contributed by atoms with van der Waals surface area (Å²) in [6.45, 7) is 2.67. The quantitative estimate of drug-likeness (QED) is 0.814. The highest BCUT2D eigenvalue weighted by Crippen LogP contribution is 2.24. The maximum atomic E-state index is 12.5. The van der Waals surface area contributed by atoms with Gasteiger partial charge in [0, 0.05) is 31.3 Å². The topological polar surface area (TPSA) is 87.7 Å². The molecule has 152 valence electrons. The predicted molar refractivity (Wildman–Crippen MR) is 111 cm³/mol. The monoisotopic (exact) mass is 395 g/mol. The molecule has 2 aromatic carbocycles. The van der Waals surface area contributed by atoms with Gasteiger partial charge in [-0.2, -0.15) is 0 Å². The van der Waals surface area contributed by atoms with Crippen molar-refractivity contribution in [3.8, 4) is 5.75 Å². The molecule has 1 saturated heterocycles. The number of hydrogen-bond acceptors (Lipinski definition) is 4. The average molecular weight is 395 g/mol. The zero-order valence-electron chi connectivity index (χ0n) is 16.6. The Morgan fingerprint density at radius 2 is 1.76 bits per heavy atom. The Labute approximate surface area is 170 Å². The molecular weight excluding hydrogens is 370 g/mol. The van der Waals surface area contributed by atoms with Gasteiger partial charge in [-0.05, 0) is 49.2 Å². The molecule has 1 aliphatic rings. The summed E-state index contributed by atoms with van der Waals surface area (Å²) in [5.74, 6) is -0.0233. The van der Waals surface area contributed by atoms with Crippen LogP contribution >= 0.6 is 0 Å². The van der Waals surface area contributed by atoms with Crippen LogP contribution in [0, 0.1) is 5.92 Å². The number of methoxy groups -OCH3 is 1. The molecule has 0 radical (unpaired) electrons. The van der Waals surface area contributed by atoms with Crippen molar-refractivity contribution in [2.24, 2.45) is 5.92 Å². The van der Waals surface area contributed by atoms with Crippen molar-refractivity contribution in [3.63, 3.8) is 0 Å². The van der Waals surface area contributed by atoms with Crippen LogP contribution in [0.15, 0.2) is 48.5 Å². The molecule has 0 saturated carbocycles. The lowest BCUT2D eigenvalue weighted by Gasteiger charge is -2.31. The summed E-state index contributed by atoms with van der Waals surface area (Å²) in [5, 5.41) is 5.69. The summed E-state index contributed by atoms with van der Waals surface area (Å²) in [6.07, 6.45) is 1.58. The van der Waals surface area contributed by atoms with Crippen LogP contribution in [0.5, 0.6) is 5.75 Å². The van der Waals surface area contributed by atoms with Gasteiger partial charge in [-0.15, -0.1) is 0 Å². The fourth-order valence-corrected chi connectivity index (χ4v) is 3.37. The van der Waals surface area contributed by atoms with Crippen molar-refractivity contribution in [3.05, 3.63) is 54.1 Å². The van der Waals surface area contributed by atoms with E-state index in [9.17, 15) is 14.4 Å². The fraction of sp³-hybridized carbons (Fsp3) is 0.318. The van der Waals surface area contributed by atoms with Crippen LogP contribution in [0.3, 0.4) is 0 Å². The molecule has 1 atom stereocenters. The number of carbonyl (C=O) groups excluding carboxylic acids is 3. The molecular formula is C22H25N3O4. The summed E-state index contributed by atoms with van der Waals surface area (Å²) in [4.78, 5) is 38.2. The van der Waals surface area contributed by atoms with Crippen LogP contribution < -0.4 is 15.4 Å². The molecule has 7 heteroatoms. The number of ether oxygens (including phenoxy) is 1. The first kappa shape index (κ1) is 20.4. The molecule has 2 N–H and O–H groups in total. The second-order valence-corrected chi connectivity index (χ2v) is 7.03.